The lowest BCUT2D eigenvalue weighted by Crippen LogP contribution is -2.28. The largest absolute Gasteiger partial charge is 0.316 e. The molecule has 9 heteroatoms. The maximum atomic E-state index is 11.7. The quantitative estimate of drug-likeness (QED) is 0.675. The summed E-state index contributed by atoms with van der Waals surface area (Å²) in [6.07, 6.45) is 3.21. The number of carbonyl (C=O) groups is 1. The standard InChI is InChI=1S/C8H12N8O/c1-15-4-5(3-10-15)6(9)7(17)11-8-12-14-16(2)13-8/h3-4,6H,9H2,1-2H3,(H,11,13,17). The molecular formula is C8H12N8O. The second-order valence-electron chi connectivity index (χ2n) is 3.52. The van der Waals surface area contributed by atoms with Crippen LogP contribution < -0.4 is 11.1 Å². The van der Waals surface area contributed by atoms with Crippen molar-refractivity contribution in [2.75, 3.05) is 5.32 Å². The van der Waals surface area contributed by atoms with Gasteiger partial charge in [-0.3, -0.25) is 14.8 Å². The molecule has 1 atom stereocenters. The van der Waals surface area contributed by atoms with Gasteiger partial charge in [-0.25, -0.2) is 0 Å². The fourth-order valence-electron chi connectivity index (χ4n) is 1.27. The number of aryl methyl sites for hydroxylation is 2. The van der Waals surface area contributed by atoms with Crippen molar-refractivity contribution < 1.29 is 4.79 Å². The summed E-state index contributed by atoms with van der Waals surface area (Å²) in [6.45, 7) is 0. The summed E-state index contributed by atoms with van der Waals surface area (Å²) in [6, 6.07) is -0.812. The third-order valence-corrected chi connectivity index (χ3v) is 2.11. The van der Waals surface area contributed by atoms with E-state index in [-0.39, 0.29) is 5.95 Å². The monoisotopic (exact) mass is 236 g/mol. The van der Waals surface area contributed by atoms with Crippen LogP contribution in [0.2, 0.25) is 0 Å². The fourth-order valence-corrected chi connectivity index (χ4v) is 1.27. The normalized spacial score (nSPS) is 12.4. The van der Waals surface area contributed by atoms with E-state index in [1.54, 1.807) is 25.0 Å². The predicted molar refractivity (Wildman–Crippen MR) is 57.6 cm³/mol. The number of hydrogen-bond acceptors (Lipinski definition) is 6. The van der Waals surface area contributed by atoms with Crippen molar-refractivity contribution in [3.63, 3.8) is 0 Å². The molecule has 9 nitrogen and oxygen atoms in total. The highest BCUT2D eigenvalue weighted by Crippen LogP contribution is 2.10. The maximum Gasteiger partial charge on any atom is 0.270 e. The number of nitrogens with zero attached hydrogens (tertiary/aromatic N) is 6. The van der Waals surface area contributed by atoms with Gasteiger partial charge in [0.25, 0.3) is 5.95 Å². The smallest absolute Gasteiger partial charge is 0.270 e. The summed E-state index contributed by atoms with van der Waals surface area (Å²) in [5, 5.41) is 17.4. The lowest BCUT2D eigenvalue weighted by Gasteiger charge is -2.07. The van der Waals surface area contributed by atoms with Crippen LogP contribution in [0.1, 0.15) is 11.6 Å². The number of tetrazole rings is 1. The van der Waals surface area contributed by atoms with Gasteiger partial charge in [-0.15, -0.1) is 5.10 Å². The van der Waals surface area contributed by atoms with E-state index in [4.69, 9.17) is 5.73 Å². The van der Waals surface area contributed by atoms with E-state index in [2.05, 4.69) is 25.8 Å². The third kappa shape index (κ3) is 2.45. The van der Waals surface area contributed by atoms with Crippen LogP contribution in [0.5, 0.6) is 0 Å². The Hall–Kier alpha value is -2.29. The number of nitrogens with one attached hydrogen (secondary N) is 1. The molecule has 0 aliphatic carbocycles. The van der Waals surface area contributed by atoms with Crippen molar-refractivity contribution in [2.24, 2.45) is 19.8 Å². The third-order valence-electron chi connectivity index (χ3n) is 2.11. The van der Waals surface area contributed by atoms with Gasteiger partial charge in [0.15, 0.2) is 0 Å². The van der Waals surface area contributed by atoms with Gasteiger partial charge in [-0.2, -0.15) is 9.90 Å². The number of hydrogen-bond donors (Lipinski definition) is 2. The number of amides is 1. The molecule has 1 unspecified atom stereocenters. The zero-order valence-corrected chi connectivity index (χ0v) is 9.40. The molecule has 0 radical (unpaired) electrons. The molecular weight excluding hydrogens is 224 g/mol. The van der Waals surface area contributed by atoms with Gasteiger partial charge in [0, 0.05) is 18.8 Å². The van der Waals surface area contributed by atoms with Gasteiger partial charge in [-0.1, -0.05) is 5.10 Å². The van der Waals surface area contributed by atoms with Crippen LogP contribution in [0.25, 0.3) is 0 Å². The van der Waals surface area contributed by atoms with Crippen molar-refractivity contribution in [1.29, 1.82) is 0 Å². The minimum atomic E-state index is -0.812. The van der Waals surface area contributed by atoms with Crippen LogP contribution in [0.15, 0.2) is 12.4 Å². The van der Waals surface area contributed by atoms with Crippen LogP contribution >= 0.6 is 0 Å². The van der Waals surface area contributed by atoms with Gasteiger partial charge in [0.1, 0.15) is 6.04 Å². The number of nitrogens with two attached hydrogens (primary N) is 1. The summed E-state index contributed by atoms with van der Waals surface area (Å²) in [7, 11) is 3.35. The molecule has 90 valence electrons. The molecule has 17 heavy (non-hydrogen) atoms. The van der Waals surface area contributed by atoms with Crippen molar-refractivity contribution in [1.82, 2.24) is 30.0 Å². The minimum Gasteiger partial charge on any atom is -0.316 e. The summed E-state index contributed by atoms with van der Waals surface area (Å²) in [5.74, 6) is -0.289. The number of anilines is 1. The van der Waals surface area contributed by atoms with E-state index in [1.165, 1.54) is 11.0 Å². The first-order valence-corrected chi connectivity index (χ1v) is 4.85. The van der Waals surface area contributed by atoms with E-state index in [0.29, 0.717) is 5.56 Å². The Morgan fingerprint density at radius 3 is 2.82 bits per heavy atom. The second-order valence-corrected chi connectivity index (χ2v) is 3.52. The lowest BCUT2D eigenvalue weighted by molar-refractivity contribution is -0.117. The van der Waals surface area contributed by atoms with Crippen molar-refractivity contribution in [3.8, 4) is 0 Å². The van der Waals surface area contributed by atoms with E-state index in [9.17, 15) is 4.79 Å². The first kappa shape index (κ1) is 11.2. The molecule has 0 saturated carbocycles. The molecule has 1 amide bonds. The number of carbonyl (C=O) groups excluding carboxylic acids is 1. The average molecular weight is 236 g/mol. The Balaban J connectivity index is 2.05. The van der Waals surface area contributed by atoms with Crippen LogP contribution in [0, 0.1) is 0 Å². The summed E-state index contributed by atoms with van der Waals surface area (Å²) >= 11 is 0. The van der Waals surface area contributed by atoms with Gasteiger partial charge < -0.3 is 5.73 Å². The Kier molecular flexibility index (Phi) is 2.83. The molecule has 2 rings (SSSR count). The molecule has 0 aromatic carbocycles. The van der Waals surface area contributed by atoms with Gasteiger partial charge in [-0.05, 0) is 5.21 Å². The molecule has 0 saturated heterocycles. The fraction of sp³-hybridized carbons (Fsp3) is 0.375. The molecule has 0 aliphatic rings. The highest BCUT2D eigenvalue weighted by molar-refractivity contribution is 5.93. The highest BCUT2D eigenvalue weighted by atomic mass is 16.2. The van der Waals surface area contributed by atoms with Gasteiger partial charge in [0.05, 0.1) is 13.2 Å². The molecule has 3 N–H and O–H groups in total. The van der Waals surface area contributed by atoms with Gasteiger partial charge in [0.2, 0.25) is 5.91 Å². The Bertz CT molecular complexity index is 529. The average Bonchev–Trinajstić information content (AvgIpc) is 2.87. The number of aromatic nitrogens is 6. The van der Waals surface area contributed by atoms with Crippen molar-refractivity contribution >= 4 is 11.9 Å². The van der Waals surface area contributed by atoms with Gasteiger partial charge >= 0.3 is 0 Å². The zero-order chi connectivity index (χ0) is 12.4. The Labute approximate surface area is 96.6 Å². The molecule has 2 heterocycles. The SMILES string of the molecule is Cn1cc(C(N)C(=O)Nc2nnn(C)n2)cn1. The summed E-state index contributed by atoms with van der Waals surface area (Å²) < 4.78 is 1.57. The van der Waals surface area contributed by atoms with E-state index >= 15 is 0 Å². The van der Waals surface area contributed by atoms with Crippen LogP contribution in [-0.4, -0.2) is 35.9 Å². The second kappa shape index (κ2) is 4.29. The molecule has 2 aromatic heterocycles. The predicted octanol–water partition coefficient (Wildman–Crippen LogP) is -1.42. The maximum absolute atomic E-state index is 11.7. The van der Waals surface area contributed by atoms with E-state index in [0.717, 1.165) is 0 Å². The first-order valence-electron chi connectivity index (χ1n) is 4.85. The highest BCUT2D eigenvalue weighted by Gasteiger charge is 2.18. The number of rotatable bonds is 3. The Morgan fingerprint density at radius 1 is 1.53 bits per heavy atom. The van der Waals surface area contributed by atoms with Crippen LogP contribution in [0.4, 0.5) is 5.95 Å². The van der Waals surface area contributed by atoms with E-state index < -0.39 is 11.9 Å². The topological polar surface area (TPSA) is 117 Å². The molecule has 0 bridgehead atoms. The zero-order valence-electron chi connectivity index (χ0n) is 9.40. The summed E-state index contributed by atoms with van der Waals surface area (Å²) in [5.41, 5.74) is 6.38. The summed E-state index contributed by atoms with van der Waals surface area (Å²) in [4.78, 5) is 13.0. The molecule has 0 spiro atoms. The molecule has 2 aromatic rings. The Morgan fingerprint density at radius 2 is 2.29 bits per heavy atom. The van der Waals surface area contributed by atoms with Crippen molar-refractivity contribution in [3.05, 3.63) is 18.0 Å². The van der Waals surface area contributed by atoms with Crippen molar-refractivity contribution in [2.45, 2.75) is 6.04 Å². The molecule has 0 aliphatic heterocycles. The first-order chi connectivity index (χ1) is 8.06. The van der Waals surface area contributed by atoms with E-state index in [1.807, 2.05) is 0 Å². The molecule has 0 fully saturated rings. The lowest BCUT2D eigenvalue weighted by atomic mass is 10.1. The van der Waals surface area contributed by atoms with Crippen LogP contribution in [0.3, 0.4) is 0 Å². The minimum absolute atomic E-state index is 0.122. The van der Waals surface area contributed by atoms with Crippen LogP contribution in [-0.2, 0) is 18.9 Å².